The smallest absolute Gasteiger partial charge is 0.422 e. The molecule has 40 heavy (non-hydrogen) atoms. The van der Waals surface area contributed by atoms with Crippen molar-refractivity contribution in [2.24, 2.45) is 17.8 Å². The lowest BCUT2D eigenvalue weighted by atomic mass is 9.48. The van der Waals surface area contributed by atoms with Gasteiger partial charge in [-0.15, -0.1) is 0 Å². The Morgan fingerprint density at radius 2 is 1.52 bits per heavy atom. The summed E-state index contributed by atoms with van der Waals surface area (Å²) in [5, 5.41) is 8.93. The van der Waals surface area contributed by atoms with E-state index in [1.165, 1.54) is 24.2 Å². The van der Waals surface area contributed by atoms with Crippen molar-refractivity contribution in [3.8, 4) is 16.9 Å². The number of nitrogens with zero attached hydrogens (tertiary/aromatic N) is 1. The molecule has 5 aliphatic rings. The van der Waals surface area contributed by atoms with Gasteiger partial charge in [-0.1, -0.05) is 48.5 Å². The Hall–Kier alpha value is -4.19. The maximum atomic E-state index is 13.4. The zero-order valence-electron chi connectivity index (χ0n) is 22.2. The monoisotopic (exact) mass is 533 g/mol. The fraction of sp³-hybridized carbons (Fsp3) is 0.324. The first kappa shape index (κ1) is 24.8. The molecule has 202 valence electrons. The molecule has 0 aromatic heterocycles. The van der Waals surface area contributed by atoms with Crippen LogP contribution in [0.15, 0.2) is 72.8 Å². The van der Waals surface area contributed by atoms with Crippen molar-refractivity contribution in [1.29, 1.82) is 0 Å². The maximum Gasteiger partial charge on any atom is 0.422 e. The second-order valence-corrected chi connectivity index (χ2v) is 12.1. The van der Waals surface area contributed by atoms with Gasteiger partial charge in [0.1, 0.15) is 5.75 Å². The number of carboxylic acid groups (broad SMARTS) is 1. The minimum absolute atomic E-state index is 0.0253. The highest BCUT2D eigenvalue weighted by Gasteiger charge is 2.52. The van der Waals surface area contributed by atoms with Crippen LogP contribution in [0, 0.1) is 17.8 Å². The van der Waals surface area contributed by atoms with Crippen LogP contribution in [0.4, 0.5) is 4.79 Å². The Labute approximate surface area is 233 Å². The lowest BCUT2D eigenvalue weighted by Gasteiger charge is -2.57. The molecule has 0 radical (unpaired) electrons. The Bertz CT molecular complexity index is 1520. The van der Waals surface area contributed by atoms with E-state index in [-0.39, 0.29) is 17.9 Å². The van der Waals surface area contributed by atoms with E-state index in [1.807, 2.05) is 54.6 Å². The van der Waals surface area contributed by atoms with Crippen LogP contribution in [0.1, 0.15) is 65.6 Å². The van der Waals surface area contributed by atoms with E-state index in [2.05, 4.69) is 6.07 Å². The van der Waals surface area contributed by atoms with Gasteiger partial charge in [-0.05, 0) is 108 Å². The second kappa shape index (κ2) is 9.47. The lowest BCUT2D eigenvalue weighted by molar-refractivity contribution is -0.131. The van der Waals surface area contributed by atoms with Crippen molar-refractivity contribution in [1.82, 2.24) is 4.90 Å². The normalized spacial score (nSPS) is 26.4. The molecule has 6 nitrogen and oxygen atoms in total. The highest BCUT2D eigenvalue weighted by molar-refractivity contribution is 6.06. The van der Waals surface area contributed by atoms with Crippen molar-refractivity contribution in [3.05, 3.63) is 95.1 Å². The molecule has 6 heteroatoms. The van der Waals surface area contributed by atoms with Gasteiger partial charge in [-0.3, -0.25) is 4.79 Å². The lowest BCUT2D eigenvalue weighted by Crippen LogP contribution is -2.48. The maximum absolute atomic E-state index is 13.4. The molecule has 0 unspecified atom stereocenters. The molecule has 1 N–H and O–H groups in total. The highest BCUT2D eigenvalue weighted by Crippen LogP contribution is 2.62. The molecule has 4 aliphatic carbocycles. The zero-order valence-corrected chi connectivity index (χ0v) is 22.2. The molecule has 4 saturated carbocycles. The number of amides is 2. The second-order valence-electron chi connectivity index (χ2n) is 12.1. The number of hydrogen-bond donors (Lipinski definition) is 1. The largest absolute Gasteiger partial charge is 0.478 e. The van der Waals surface area contributed by atoms with Crippen LogP contribution in [0.2, 0.25) is 0 Å². The molecule has 4 fully saturated rings. The van der Waals surface area contributed by atoms with Crippen LogP contribution in [0.25, 0.3) is 17.2 Å². The van der Waals surface area contributed by atoms with E-state index >= 15 is 0 Å². The number of carboxylic acids is 1. The number of rotatable bonds is 5. The molecule has 1 heterocycles. The summed E-state index contributed by atoms with van der Waals surface area (Å²) in [4.78, 5) is 38.5. The fourth-order valence-corrected chi connectivity index (χ4v) is 8.16. The van der Waals surface area contributed by atoms with Crippen LogP contribution in [0.5, 0.6) is 5.75 Å². The third kappa shape index (κ3) is 4.32. The Morgan fingerprint density at radius 3 is 2.17 bits per heavy atom. The predicted molar refractivity (Wildman–Crippen MR) is 151 cm³/mol. The Balaban J connectivity index is 1.23. The van der Waals surface area contributed by atoms with Gasteiger partial charge in [0.25, 0.3) is 5.91 Å². The summed E-state index contributed by atoms with van der Waals surface area (Å²) in [5.41, 5.74) is 5.31. The van der Waals surface area contributed by atoms with E-state index in [0.29, 0.717) is 29.1 Å². The van der Waals surface area contributed by atoms with Crippen LogP contribution >= 0.6 is 0 Å². The van der Waals surface area contributed by atoms with Gasteiger partial charge in [0.05, 0.1) is 6.54 Å². The third-order valence-electron chi connectivity index (χ3n) is 9.49. The van der Waals surface area contributed by atoms with Crippen LogP contribution in [-0.4, -0.2) is 28.0 Å². The van der Waals surface area contributed by atoms with Gasteiger partial charge < -0.3 is 9.84 Å². The van der Waals surface area contributed by atoms with Crippen molar-refractivity contribution >= 4 is 24.0 Å². The van der Waals surface area contributed by atoms with Gasteiger partial charge in [0.15, 0.2) is 0 Å². The number of imide groups is 1. The summed E-state index contributed by atoms with van der Waals surface area (Å²) < 4.78 is 6.09. The number of ether oxygens (including phenoxy) is 1. The summed E-state index contributed by atoms with van der Waals surface area (Å²) in [7, 11) is 0. The molecule has 0 spiro atoms. The molecule has 4 bridgehead atoms. The summed E-state index contributed by atoms with van der Waals surface area (Å²) in [6.07, 6.45) is 9.33. The molecule has 0 saturated heterocycles. The van der Waals surface area contributed by atoms with Gasteiger partial charge in [0.2, 0.25) is 0 Å². The van der Waals surface area contributed by atoms with Gasteiger partial charge in [0, 0.05) is 17.2 Å². The van der Waals surface area contributed by atoms with Crippen molar-refractivity contribution in [2.45, 2.75) is 50.5 Å². The first-order chi connectivity index (χ1) is 19.4. The van der Waals surface area contributed by atoms with Crippen molar-refractivity contribution in [2.75, 3.05) is 0 Å². The fourth-order valence-electron chi connectivity index (χ4n) is 8.16. The Kier molecular flexibility index (Phi) is 5.88. The highest BCUT2D eigenvalue weighted by atomic mass is 16.6. The van der Waals surface area contributed by atoms with E-state index in [1.54, 1.807) is 12.1 Å². The number of carbonyl (C=O) groups excluding carboxylic acids is 2. The molecule has 8 rings (SSSR count). The summed E-state index contributed by atoms with van der Waals surface area (Å²) in [6, 6.07) is 21.2. The number of hydrogen-bond acceptors (Lipinski definition) is 4. The number of aliphatic carboxylic acids is 1. The minimum Gasteiger partial charge on any atom is -0.478 e. The average Bonchev–Trinajstić information content (AvgIpc) is 3.28. The molecule has 2 amide bonds. The molecule has 3 aromatic carbocycles. The van der Waals surface area contributed by atoms with Gasteiger partial charge in [-0.2, -0.15) is 0 Å². The van der Waals surface area contributed by atoms with E-state index in [4.69, 9.17) is 9.84 Å². The minimum atomic E-state index is -0.978. The van der Waals surface area contributed by atoms with Crippen LogP contribution in [-0.2, 0) is 16.8 Å². The average molecular weight is 534 g/mol. The SMILES string of the molecule is O=C(O)/C=C/c1ccc(-c2ccc(OC(=O)N3Cc4ccccc4C3=O)c(C34CC5CC(CC(C5)C3)C4)c2)cc1. The molecular formula is C34H31NO5. The molecule has 3 aromatic rings. The van der Waals surface area contributed by atoms with Crippen LogP contribution < -0.4 is 4.74 Å². The number of carbonyl (C=O) groups is 3. The molecular weight excluding hydrogens is 502 g/mol. The van der Waals surface area contributed by atoms with E-state index < -0.39 is 12.1 Å². The first-order valence-corrected chi connectivity index (χ1v) is 14.1. The van der Waals surface area contributed by atoms with Crippen molar-refractivity contribution < 1.29 is 24.2 Å². The third-order valence-corrected chi connectivity index (χ3v) is 9.49. The predicted octanol–water partition coefficient (Wildman–Crippen LogP) is 7.07. The van der Waals surface area contributed by atoms with Crippen LogP contribution in [0.3, 0.4) is 0 Å². The number of benzene rings is 3. The zero-order chi connectivity index (χ0) is 27.4. The van der Waals surface area contributed by atoms with E-state index in [9.17, 15) is 14.4 Å². The molecule has 0 atom stereocenters. The number of fused-ring (bicyclic) bond motifs is 1. The summed E-state index contributed by atoms with van der Waals surface area (Å²) in [5.74, 6) is 1.41. The first-order valence-electron chi connectivity index (χ1n) is 14.1. The quantitative estimate of drug-likeness (QED) is 0.355. The summed E-state index contributed by atoms with van der Waals surface area (Å²) in [6.45, 7) is 0.224. The standard InChI is InChI=1S/C34H31NO5/c36-31(37)12-7-21-5-8-25(9-6-21)26-10-11-30(40-33(39)35-20-27-3-1-2-4-28(27)32(35)38)29(16-26)34-17-22-13-23(18-34)15-24(14-22)19-34/h1-12,16,22-24H,13-15,17-20H2,(H,36,37)/b12-7+. The van der Waals surface area contributed by atoms with Gasteiger partial charge in [-0.25, -0.2) is 14.5 Å². The van der Waals surface area contributed by atoms with Gasteiger partial charge >= 0.3 is 12.1 Å². The topological polar surface area (TPSA) is 83.9 Å². The van der Waals surface area contributed by atoms with E-state index in [0.717, 1.165) is 53.2 Å². The Morgan fingerprint density at radius 1 is 0.875 bits per heavy atom. The van der Waals surface area contributed by atoms with Crippen molar-refractivity contribution in [3.63, 3.8) is 0 Å². The molecule has 1 aliphatic heterocycles. The summed E-state index contributed by atoms with van der Waals surface area (Å²) >= 11 is 0.